The molecule has 1 rings (SSSR count). The minimum absolute atomic E-state index is 0.131. The lowest BCUT2D eigenvalue weighted by Gasteiger charge is -2.16. The van der Waals surface area contributed by atoms with Crippen molar-refractivity contribution in [1.29, 1.82) is 0 Å². The number of ether oxygens (including phenoxy) is 1. The molecule has 0 aromatic heterocycles. The van der Waals surface area contributed by atoms with Gasteiger partial charge in [0.2, 0.25) is 5.91 Å². The monoisotopic (exact) mass is 278 g/mol. The molecule has 6 heteroatoms. The molecule has 0 saturated heterocycles. The van der Waals surface area contributed by atoms with Crippen LogP contribution in [0.4, 0.5) is 0 Å². The fraction of sp³-hybridized carbons (Fsp3) is 0.357. The Bertz CT molecular complexity index is 473. The van der Waals surface area contributed by atoms with Crippen LogP contribution in [-0.2, 0) is 14.3 Å². The number of likely N-dealkylation sites (N-methyl/N-ethyl adjacent to an activating group) is 1. The lowest BCUT2D eigenvalue weighted by Crippen LogP contribution is -2.40. The molecule has 1 N–H and O–H groups in total. The summed E-state index contributed by atoms with van der Waals surface area (Å²) >= 11 is 0. The highest BCUT2D eigenvalue weighted by Gasteiger charge is 2.14. The Balaban J connectivity index is 2.39. The third-order valence-electron chi connectivity index (χ3n) is 2.53. The first kappa shape index (κ1) is 15.7. The van der Waals surface area contributed by atoms with Gasteiger partial charge in [-0.2, -0.15) is 0 Å². The standard InChI is InChI=1S/C14H18N2O4/c1-3-20-13(18)10-16(2)12(17)9-15-14(19)11-7-5-4-6-8-11/h4-8H,3,9-10H2,1-2H3,(H,15,19). The molecule has 0 aliphatic heterocycles. The SMILES string of the molecule is CCOC(=O)CN(C)C(=O)CNC(=O)c1ccccc1. The van der Waals surface area contributed by atoms with Crippen molar-refractivity contribution in [3.05, 3.63) is 35.9 Å². The molecular weight excluding hydrogens is 260 g/mol. The largest absolute Gasteiger partial charge is 0.465 e. The first-order valence-electron chi connectivity index (χ1n) is 6.27. The Labute approximate surface area is 117 Å². The van der Waals surface area contributed by atoms with Crippen LogP contribution in [0.1, 0.15) is 17.3 Å². The van der Waals surface area contributed by atoms with E-state index in [-0.39, 0.29) is 31.5 Å². The smallest absolute Gasteiger partial charge is 0.325 e. The summed E-state index contributed by atoms with van der Waals surface area (Å²) in [6, 6.07) is 8.59. The lowest BCUT2D eigenvalue weighted by atomic mass is 10.2. The van der Waals surface area contributed by atoms with Gasteiger partial charge in [0.05, 0.1) is 13.2 Å². The Morgan fingerprint density at radius 3 is 2.45 bits per heavy atom. The van der Waals surface area contributed by atoms with E-state index in [0.29, 0.717) is 5.56 Å². The van der Waals surface area contributed by atoms with Crippen LogP contribution < -0.4 is 5.32 Å². The summed E-state index contributed by atoms with van der Waals surface area (Å²) in [6.45, 7) is 1.67. The molecule has 0 aliphatic carbocycles. The minimum Gasteiger partial charge on any atom is -0.465 e. The van der Waals surface area contributed by atoms with E-state index in [0.717, 1.165) is 0 Å². The van der Waals surface area contributed by atoms with Gasteiger partial charge in [-0.05, 0) is 19.1 Å². The van der Waals surface area contributed by atoms with Crippen LogP contribution in [0, 0.1) is 0 Å². The van der Waals surface area contributed by atoms with Crippen LogP contribution in [0.25, 0.3) is 0 Å². The minimum atomic E-state index is -0.474. The van der Waals surface area contributed by atoms with Crippen molar-refractivity contribution in [1.82, 2.24) is 10.2 Å². The van der Waals surface area contributed by atoms with Gasteiger partial charge >= 0.3 is 5.97 Å². The number of hydrogen-bond acceptors (Lipinski definition) is 4. The molecule has 0 unspecified atom stereocenters. The highest BCUT2D eigenvalue weighted by molar-refractivity contribution is 5.96. The van der Waals surface area contributed by atoms with Crippen molar-refractivity contribution < 1.29 is 19.1 Å². The van der Waals surface area contributed by atoms with Gasteiger partial charge in [-0.25, -0.2) is 0 Å². The molecular formula is C14H18N2O4. The van der Waals surface area contributed by atoms with Gasteiger partial charge < -0.3 is 15.0 Å². The lowest BCUT2D eigenvalue weighted by molar-refractivity contribution is -0.147. The van der Waals surface area contributed by atoms with Crippen LogP contribution >= 0.6 is 0 Å². The number of nitrogens with zero attached hydrogens (tertiary/aromatic N) is 1. The first-order valence-corrected chi connectivity index (χ1v) is 6.27. The van der Waals surface area contributed by atoms with Gasteiger partial charge in [0.25, 0.3) is 5.91 Å². The van der Waals surface area contributed by atoms with E-state index >= 15 is 0 Å². The highest BCUT2D eigenvalue weighted by Crippen LogP contribution is 1.97. The van der Waals surface area contributed by atoms with Crippen LogP contribution in [0.15, 0.2) is 30.3 Å². The molecule has 0 heterocycles. The average molecular weight is 278 g/mol. The van der Waals surface area contributed by atoms with Crippen molar-refractivity contribution in [2.24, 2.45) is 0 Å². The van der Waals surface area contributed by atoms with Crippen LogP contribution in [-0.4, -0.2) is 49.4 Å². The number of hydrogen-bond donors (Lipinski definition) is 1. The maximum Gasteiger partial charge on any atom is 0.325 e. The van der Waals surface area contributed by atoms with E-state index in [1.54, 1.807) is 37.3 Å². The zero-order valence-electron chi connectivity index (χ0n) is 11.6. The van der Waals surface area contributed by atoms with E-state index < -0.39 is 5.97 Å². The van der Waals surface area contributed by atoms with Gasteiger partial charge in [-0.3, -0.25) is 14.4 Å². The molecule has 2 amide bonds. The number of benzene rings is 1. The average Bonchev–Trinajstić information content (AvgIpc) is 2.45. The zero-order chi connectivity index (χ0) is 15.0. The van der Waals surface area contributed by atoms with E-state index in [4.69, 9.17) is 4.74 Å². The summed E-state index contributed by atoms with van der Waals surface area (Å²) in [6.07, 6.45) is 0. The van der Waals surface area contributed by atoms with E-state index in [2.05, 4.69) is 5.32 Å². The second-order valence-corrected chi connectivity index (χ2v) is 4.10. The molecule has 0 aliphatic rings. The number of amides is 2. The van der Waals surface area contributed by atoms with E-state index in [1.165, 1.54) is 11.9 Å². The zero-order valence-corrected chi connectivity index (χ0v) is 11.6. The van der Waals surface area contributed by atoms with Crippen LogP contribution in [0.3, 0.4) is 0 Å². The summed E-state index contributed by atoms with van der Waals surface area (Å²) < 4.78 is 4.74. The van der Waals surface area contributed by atoms with E-state index in [1.807, 2.05) is 0 Å². The summed E-state index contributed by atoms with van der Waals surface area (Å²) in [5, 5.41) is 2.50. The third-order valence-corrected chi connectivity index (χ3v) is 2.53. The Hall–Kier alpha value is -2.37. The molecule has 0 radical (unpaired) electrons. The van der Waals surface area contributed by atoms with Gasteiger partial charge in [-0.1, -0.05) is 18.2 Å². The maximum absolute atomic E-state index is 11.7. The Morgan fingerprint density at radius 1 is 1.20 bits per heavy atom. The van der Waals surface area contributed by atoms with Crippen molar-refractivity contribution >= 4 is 17.8 Å². The van der Waals surface area contributed by atoms with Gasteiger partial charge in [-0.15, -0.1) is 0 Å². The maximum atomic E-state index is 11.7. The summed E-state index contributed by atoms with van der Waals surface area (Å²) in [4.78, 5) is 35.9. The summed E-state index contributed by atoms with van der Waals surface area (Å²) in [5.74, 6) is -1.16. The predicted molar refractivity (Wildman–Crippen MR) is 73.0 cm³/mol. The van der Waals surface area contributed by atoms with Gasteiger partial charge in [0, 0.05) is 12.6 Å². The fourth-order valence-corrected chi connectivity index (χ4v) is 1.47. The third kappa shape index (κ3) is 5.09. The van der Waals surface area contributed by atoms with Crippen LogP contribution in [0.5, 0.6) is 0 Å². The van der Waals surface area contributed by atoms with Crippen molar-refractivity contribution in [2.45, 2.75) is 6.92 Å². The Morgan fingerprint density at radius 2 is 1.85 bits per heavy atom. The van der Waals surface area contributed by atoms with Crippen molar-refractivity contribution in [2.75, 3.05) is 26.7 Å². The molecule has 20 heavy (non-hydrogen) atoms. The molecule has 0 bridgehead atoms. The topological polar surface area (TPSA) is 75.7 Å². The normalized spacial score (nSPS) is 9.70. The fourth-order valence-electron chi connectivity index (χ4n) is 1.47. The predicted octanol–water partition coefficient (Wildman–Crippen LogP) is 0.438. The second-order valence-electron chi connectivity index (χ2n) is 4.10. The summed E-state index contributed by atoms with van der Waals surface area (Å²) in [5.41, 5.74) is 0.480. The number of nitrogens with one attached hydrogen (secondary N) is 1. The molecule has 6 nitrogen and oxygen atoms in total. The van der Waals surface area contributed by atoms with Crippen LogP contribution in [0.2, 0.25) is 0 Å². The van der Waals surface area contributed by atoms with Crippen molar-refractivity contribution in [3.63, 3.8) is 0 Å². The highest BCUT2D eigenvalue weighted by atomic mass is 16.5. The molecule has 0 spiro atoms. The molecule has 0 fully saturated rings. The van der Waals surface area contributed by atoms with Gasteiger partial charge in [0.1, 0.15) is 6.54 Å². The number of carbonyl (C=O) groups excluding carboxylic acids is 3. The van der Waals surface area contributed by atoms with Crippen molar-refractivity contribution in [3.8, 4) is 0 Å². The molecule has 108 valence electrons. The molecule has 0 atom stereocenters. The first-order chi connectivity index (χ1) is 9.54. The summed E-state index contributed by atoms with van der Waals surface area (Å²) in [7, 11) is 1.48. The second kappa shape index (κ2) is 7.93. The molecule has 1 aromatic rings. The number of rotatable bonds is 6. The quantitative estimate of drug-likeness (QED) is 0.766. The molecule has 0 saturated carbocycles. The Kier molecular flexibility index (Phi) is 6.22. The van der Waals surface area contributed by atoms with Gasteiger partial charge in [0.15, 0.2) is 0 Å². The molecule has 1 aromatic carbocycles. The number of esters is 1. The number of carbonyl (C=O) groups is 3. The van der Waals surface area contributed by atoms with E-state index in [9.17, 15) is 14.4 Å².